The third kappa shape index (κ3) is 2.33. The van der Waals surface area contributed by atoms with Crippen molar-refractivity contribution in [2.45, 2.75) is 6.42 Å². The first kappa shape index (κ1) is 12.6. The average Bonchev–Trinajstić information content (AvgIpc) is 3.06. The van der Waals surface area contributed by atoms with E-state index in [2.05, 4.69) is 10.1 Å². The predicted molar refractivity (Wildman–Crippen MR) is 71.3 cm³/mol. The molecule has 0 aliphatic carbocycles. The van der Waals surface area contributed by atoms with Gasteiger partial charge < -0.3 is 9.15 Å². The molecule has 0 aliphatic rings. The van der Waals surface area contributed by atoms with Crippen molar-refractivity contribution in [3.05, 3.63) is 42.6 Å². The molecule has 3 aromatic rings. The number of methoxy groups -OCH3 is 1. The lowest BCUT2D eigenvalue weighted by molar-refractivity contribution is -0.122. The summed E-state index contributed by atoms with van der Waals surface area (Å²) in [6, 6.07) is 7.52. The van der Waals surface area contributed by atoms with Crippen molar-refractivity contribution in [3.63, 3.8) is 0 Å². The lowest BCUT2D eigenvalue weighted by Crippen LogP contribution is -2.10. The Hall–Kier alpha value is -2.47. The summed E-state index contributed by atoms with van der Waals surface area (Å²) in [5.74, 6) is 0.441. The largest absolute Gasteiger partial charge is 0.472 e. The van der Waals surface area contributed by atoms with E-state index in [9.17, 15) is 4.79 Å². The predicted octanol–water partition coefficient (Wildman–Crippen LogP) is 1.75. The quantitative estimate of drug-likeness (QED) is 0.707. The monoisotopic (exact) mass is 271 g/mol. The Morgan fingerprint density at radius 2 is 2.30 bits per heavy atom. The van der Waals surface area contributed by atoms with E-state index in [1.54, 1.807) is 17.0 Å². The number of Topliss-reactive ketones (excluding diaryl/α,β-unsaturated/α-hetero) is 1. The highest BCUT2D eigenvalue weighted by molar-refractivity contribution is 5.81. The fourth-order valence-corrected chi connectivity index (χ4v) is 2.04. The van der Waals surface area contributed by atoms with E-state index >= 15 is 0 Å². The second kappa shape index (κ2) is 5.26. The van der Waals surface area contributed by atoms with Crippen molar-refractivity contribution in [2.75, 3.05) is 13.7 Å². The molecule has 3 rings (SSSR count). The van der Waals surface area contributed by atoms with E-state index in [1.165, 1.54) is 7.11 Å². The molecular weight excluding hydrogens is 258 g/mol. The number of ether oxygens (including phenoxy) is 1. The smallest absolute Gasteiger partial charge is 0.166 e. The number of hydrogen-bond acceptors (Lipinski definition) is 5. The highest BCUT2D eigenvalue weighted by Gasteiger charge is 2.12. The molecule has 0 amide bonds. The van der Waals surface area contributed by atoms with Crippen molar-refractivity contribution in [3.8, 4) is 11.3 Å². The van der Waals surface area contributed by atoms with Gasteiger partial charge in [0.2, 0.25) is 0 Å². The zero-order chi connectivity index (χ0) is 13.9. The minimum atomic E-state index is -0.0479. The second-order valence-corrected chi connectivity index (χ2v) is 4.37. The SMILES string of the molecule is COCC(=O)Cc1nc2cccc(-c3ccoc3)n2n1. The Morgan fingerprint density at radius 3 is 3.05 bits per heavy atom. The van der Waals surface area contributed by atoms with Crippen LogP contribution in [0.15, 0.2) is 41.2 Å². The molecule has 0 aromatic carbocycles. The number of carbonyl (C=O) groups excluding carboxylic acids is 1. The number of pyridine rings is 1. The Bertz CT molecular complexity index is 731. The van der Waals surface area contributed by atoms with Gasteiger partial charge in [0.05, 0.1) is 24.6 Å². The Kier molecular flexibility index (Phi) is 3.30. The number of fused-ring (bicyclic) bond motifs is 1. The minimum absolute atomic E-state index is 0.0479. The number of aromatic nitrogens is 3. The molecule has 0 atom stereocenters. The highest BCUT2D eigenvalue weighted by atomic mass is 16.5. The molecule has 6 nitrogen and oxygen atoms in total. The van der Waals surface area contributed by atoms with Gasteiger partial charge in [0, 0.05) is 12.7 Å². The zero-order valence-electron chi connectivity index (χ0n) is 10.9. The van der Waals surface area contributed by atoms with Crippen molar-refractivity contribution < 1.29 is 13.9 Å². The van der Waals surface area contributed by atoms with Gasteiger partial charge in [-0.25, -0.2) is 9.50 Å². The normalized spacial score (nSPS) is 11.1. The molecule has 0 unspecified atom stereocenters. The molecule has 0 saturated heterocycles. The van der Waals surface area contributed by atoms with Gasteiger partial charge in [-0.3, -0.25) is 4.79 Å². The van der Waals surface area contributed by atoms with Gasteiger partial charge in [0.15, 0.2) is 17.3 Å². The Labute approximate surface area is 115 Å². The fourth-order valence-electron chi connectivity index (χ4n) is 2.04. The lowest BCUT2D eigenvalue weighted by Gasteiger charge is -1.99. The van der Waals surface area contributed by atoms with E-state index in [0.29, 0.717) is 11.5 Å². The third-order valence-electron chi connectivity index (χ3n) is 2.88. The van der Waals surface area contributed by atoms with Crippen LogP contribution in [0.4, 0.5) is 0 Å². The molecule has 3 heterocycles. The number of furan rings is 1. The number of nitrogens with zero attached hydrogens (tertiary/aromatic N) is 3. The van der Waals surface area contributed by atoms with E-state index in [1.807, 2.05) is 24.3 Å². The summed E-state index contributed by atoms with van der Waals surface area (Å²) < 4.78 is 11.6. The summed E-state index contributed by atoms with van der Waals surface area (Å²) in [5, 5.41) is 4.38. The summed E-state index contributed by atoms with van der Waals surface area (Å²) in [6.45, 7) is 0.0736. The molecule has 0 bridgehead atoms. The summed E-state index contributed by atoms with van der Waals surface area (Å²) in [6.07, 6.45) is 3.42. The molecule has 20 heavy (non-hydrogen) atoms. The van der Waals surface area contributed by atoms with Crippen molar-refractivity contribution in [1.82, 2.24) is 14.6 Å². The number of rotatable bonds is 5. The maximum absolute atomic E-state index is 11.6. The van der Waals surface area contributed by atoms with E-state index in [0.717, 1.165) is 11.3 Å². The van der Waals surface area contributed by atoms with Crippen LogP contribution in [0.25, 0.3) is 16.9 Å². The Balaban J connectivity index is 1.99. The maximum atomic E-state index is 11.6. The van der Waals surface area contributed by atoms with Crippen LogP contribution in [0.1, 0.15) is 5.82 Å². The van der Waals surface area contributed by atoms with Crippen LogP contribution in [0.3, 0.4) is 0 Å². The van der Waals surface area contributed by atoms with Crippen LogP contribution < -0.4 is 0 Å². The molecule has 3 aromatic heterocycles. The van der Waals surface area contributed by atoms with Crippen LogP contribution in [-0.4, -0.2) is 34.1 Å². The average molecular weight is 271 g/mol. The van der Waals surface area contributed by atoms with Gasteiger partial charge in [-0.2, -0.15) is 5.10 Å². The van der Waals surface area contributed by atoms with E-state index in [-0.39, 0.29) is 18.8 Å². The summed E-state index contributed by atoms with van der Waals surface area (Å²) in [4.78, 5) is 15.9. The molecule has 0 fully saturated rings. The molecule has 0 N–H and O–H groups in total. The van der Waals surface area contributed by atoms with Crippen molar-refractivity contribution in [2.24, 2.45) is 0 Å². The van der Waals surface area contributed by atoms with Gasteiger partial charge in [-0.15, -0.1) is 0 Å². The van der Waals surface area contributed by atoms with Crippen LogP contribution in [-0.2, 0) is 16.0 Å². The second-order valence-electron chi connectivity index (χ2n) is 4.37. The molecule has 0 radical (unpaired) electrons. The summed E-state index contributed by atoms with van der Waals surface area (Å²) in [7, 11) is 1.49. The fraction of sp³-hybridized carbons (Fsp3) is 0.214. The summed E-state index contributed by atoms with van der Waals surface area (Å²) >= 11 is 0. The maximum Gasteiger partial charge on any atom is 0.166 e. The van der Waals surface area contributed by atoms with E-state index in [4.69, 9.17) is 9.15 Å². The minimum Gasteiger partial charge on any atom is -0.472 e. The number of carbonyl (C=O) groups is 1. The first-order valence-corrected chi connectivity index (χ1v) is 6.16. The van der Waals surface area contributed by atoms with Gasteiger partial charge in [0.1, 0.15) is 6.61 Å². The standard InChI is InChI=1S/C14H13N3O3/c1-19-9-11(18)7-13-15-14-4-2-3-12(17(14)16-13)10-5-6-20-8-10/h2-6,8H,7,9H2,1H3. The highest BCUT2D eigenvalue weighted by Crippen LogP contribution is 2.20. The third-order valence-corrected chi connectivity index (χ3v) is 2.88. The molecule has 0 aliphatic heterocycles. The molecule has 6 heteroatoms. The first-order chi connectivity index (χ1) is 9.78. The van der Waals surface area contributed by atoms with Crippen molar-refractivity contribution >= 4 is 11.4 Å². The topological polar surface area (TPSA) is 69.6 Å². The van der Waals surface area contributed by atoms with Crippen LogP contribution in [0, 0.1) is 0 Å². The number of hydrogen-bond donors (Lipinski definition) is 0. The van der Waals surface area contributed by atoms with Gasteiger partial charge in [-0.1, -0.05) is 6.07 Å². The van der Waals surface area contributed by atoms with Crippen LogP contribution >= 0.6 is 0 Å². The number of ketones is 1. The molecule has 0 saturated carbocycles. The molecular formula is C14H13N3O3. The van der Waals surface area contributed by atoms with Gasteiger partial charge in [0.25, 0.3) is 0 Å². The van der Waals surface area contributed by atoms with Gasteiger partial charge in [-0.05, 0) is 18.2 Å². The zero-order valence-corrected chi connectivity index (χ0v) is 10.9. The molecule has 0 spiro atoms. The van der Waals surface area contributed by atoms with Crippen molar-refractivity contribution in [1.29, 1.82) is 0 Å². The summed E-state index contributed by atoms with van der Waals surface area (Å²) in [5.41, 5.74) is 2.48. The molecule has 102 valence electrons. The van der Waals surface area contributed by atoms with Gasteiger partial charge >= 0.3 is 0 Å². The Morgan fingerprint density at radius 1 is 1.40 bits per heavy atom. The van der Waals surface area contributed by atoms with Crippen LogP contribution in [0.2, 0.25) is 0 Å². The van der Waals surface area contributed by atoms with Crippen LogP contribution in [0.5, 0.6) is 0 Å². The van der Waals surface area contributed by atoms with E-state index < -0.39 is 0 Å². The lowest BCUT2D eigenvalue weighted by atomic mass is 10.2. The first-order valence-electron chi connectivity index (χ1n) is 6.16.